The molecule has 0 unspecified atom stereocenters. The third kappa shape index (κ3) is 10.1. The van der Waals surface area contributed by atoms with Crippen molar-refractivity contribution in [3.63, 3.8) is 0 Å². The molecule has 0 saturated heterocycles. The fourth-order valence-corrected chi connectivity index (χ4v) is 2.70. The third-order valence-electron chi connectivity index (χ3n) is 2.72. The molecule has 7 heteroatoms. The summed E-state index contributed by atoms with van der Waals surface area (Å²) in [5.74, 6) is 0.966. The van der Waals surface area contributed by atoms with Gasteiger partial charge in [0.25, 0.3) is 0 Å². The average molecular weight is 530 g/mol. The molecule has 3 aromatic rings. The summed E-state index contributed by atoms with van der Waals surface area (Å²) in [6, 6.07) is 20.7. The van der Waals surface area contributed by atoms with Gasteiger partial charge in [-0.25, -0.2) is 0 Å². The molecule has 3 rings (SSSR count). The molecule has 132 valence electrons. The van der Waals surface area contributed by atoms with Crippen LogP contribution in [0.2, 0.25) is 0 Å². The number of fused-ring (bicyclic) bond motifs is 1. The van der Waals surface area contributed by atoms with Gasteiger partial charge >= 0.3 is 167 Å². The Morgan fingerprint density at radius 2 is 1.07 bits per heavy atom. The number of hydrogen-bond acceptors (Lipinski definition) is 1. The number of benzene rings is 2. The van der Waals surface area contributed by atoms with Gasteiger partial charge in [0.15, 0.2) is 0 Å². The zero-order chi connectivity index (χ0) is 21.7. The predicted molar refractivity (Wildman–Crippen MR) is 84.5 cm³/mol. The van der Waals surface area contributed by atoms with E-state index in [1.165, 1.54) is 30.1 Å². The fraction of sp³-hybridized carbons (Fsp3) is 0. The van der Waals surface area contributed by atoms with Crippen molar-refractivity contribution >= 4 is 10.8 Å². The Kier molecular flexibility index (Phi) is 22.9. The Labute approximate surface area is 166 Å². The van der Waals surface area contributed by atoms with Crippen molar-refractivity contribution in [1.29, 1.82) is 0 Å². The first-order valence-corrected chi connectivity index (χ1v) is 7.92. The van der Waals surface area contributed by atoms with Crippen LogP contribution in [0, 0.1) is 37.0 Å². The molecule has 0 atom stereocenters. The summed E-state index contributed by atoms with van der Waals surface area (Å²) in [4.78, 5) is 0. The van der Waals surface area contributed by atoms with E-state index in [9.17, 15) is 0 Å². The molecule has 0 saturated carbocycles. The molecule has 6 nitrogen and oxygen atoms in total. The maximum absolute atomic E-state index is 7.50. The van der Waals surface area contributed by atoms with Crippen LogP contribution in [0.15, 0.2) is 65.1 Å². The Bertz CT molecular complexity index is 899. The molecule has 0 spiro atoms. The molecule has 0 bridgehead atoms. The van der Waals surface area contributed by atoms with Crippen molar-refractivity contribution in [2.45, 2.75) is 0 Å². The van der Waals surface area contributed by atoms with E-state index in [0.717, 1.165) is 15.1 Å². The van der Waals surface area contributed by atoms with Crippen LogP contribution in [0.4, 0.5) is 0 Å². The molecular weight excluding hydrogens is 520 g/mol. The van der Waals surface area contributed by atoms with E-state index in [1.54, 1.807) is 0 Å². The van der Waals surface area contributed by atoms with E-state index in [4.69, 9.17) is 27.7 Å². The third-order valence-corrected chi connectivity index (χ3v) is 3.44. The standard InChI is InChI=1S/C15H10O.5CO.W/c1-2-7-13(8-3-1)15-14-9-5-4-6-12(14)10-11-16-15;5*1-2;/h1-10H;;;;;;. The molecule has 2 aromatic carbocycles. The van der Waals surface area contributed by atoms with Gasteiger partial charge in [-0.15, -0.1) is 0 Å². The van der Waals surface area contributed by atoms with Crippen molar-refractivity contribution < 1.29 is 47.0 Å². The average Bonchev–Trinajstić information content (AvgIpc) is 2.80. The van der Waals surface area contributed by atoms with E-state index in [-0.39, 0.29) is 0 Å². The molecule has 0 aliphatic rings. The van der Waals surface area contributed by atoms with Gasteiger partial charge in [0.05, 0.1) is 0 Å². The summed E-state index contributed by atoms with van der Waals surface area (Å²) in [5, 5.41) is 2.41. The SMILES string of the molecule is [C-]#[O+].[C-]#[O+].[C-]#[O+].[C-]#[O+].[C-]#[O+].[W]=[c]1cc2ccccc2c(-c2ccccc2)o1. The zero-order valence-corrected chi connectivity index (χ0v) is 16.6. The Balaban J connectivity index is -0.000000504. The van der Waals surface area contributed by atoms with Gasteiger partial charge in [-0.3, -0.25) is 0 Å². The van der Waals surface area contributed by atoms with Crippen molar-refractivity contribution in [2.24, 2.45) is 0 Å². The summed E-state index contributed by atoms with van der Waals surface area (Å²) >= 11 is 1.35. The second-order valence-electron chi connectivity index (χ2n) is 3.85. The molecule has 0 fully saturated rings. The zero-order valence-electron chi connectivity index (χ0n) is 13.6. The van der Waals surface area contributed by atoms with Gasteiger partial charge in [0, 0.05) is 0 Å². The first kappa shape index (κ1) is 29.0. The molecular formula is C20H10O6W. The fourth-order valence-electron chi connectivity index (χ4n) is 1.95. The van der Waals surface area contributed by atoms with Crippen LogP contribution >= 0.6 is 0 Å². The van der Waals surface area contributed by atoms with Crippen LogP contribution in [0.3, 0.4) is 0 Å². The first-order valence-electron chi connectivity index (χ1n) is 6.45. The van der Waals surface area contributed by atoms with E-state index in [0.29, 0.717) is 0 Å². The second-order valence-corrected chi connectivity index (χ2v) is 5.29. The molecule has 0 N–H and O–H groups in total. The number of hydrogen-bond donors (Lipinski definition) is 0. The van der Waals surface area contributed by atoms with Crippen molar-refractivity contribution in [3.05, 3.63) is 97.7 Å². The summed E-state index contributed by atoms with van der Waals surface area (Å²) in [6.07, 6.45) is 0. The molecule has 1 aromatic heterocycles. The summed E-state index contributed by atoms with van der Waals surface area (Å²) < 4.78 is 44.4. The molecule has 0 radical (unpaired) electrons. The molecule has 1 heterocycles. The van der Waals surface area contributed by atoms with Crippen LogP contribution in [0.25, 0.3) is 22.1 Å². The normalized spacial score (nSPS) is 7.04. The van der Waals surface area contributed by atoms with Crippen molar-refractivity contribution in [1.82, 2.24) is 0 Å². The molecule has 0 aliphatic heterocycles. The summed E-state index contributed by atoms with van der Waals surface area (Å²) in [5.41, 5.74) is 1.13. The summed E-state index contributed by atoms with van der Waals surface area (Å²) in [6.45, 7) is 22.5. The minimum atomic E-state index is 0.966. The van der Waals surface area contributed by atoms with Crippen molar-refractivity contribution in [3.8, 4) is 11.3 Å². The predicted octanol–water partition coefficient (Wildman–Crippen LogP) is 3.99. The second kappa shape index (κ2) is 21.3. The van der Waals surface area contributed by atoms with Crippen LogP contribution in [-0.4, -0.2) is 0 Å². The van der Waals surface area contributed by atoms with E-state index < -0.39 is 0 Å². The van der Waals surface area contributed by atoms with Crippen LogP contribution in [0.1, 0.15) is 0 Å². The molecule has 0 amide bonds. The van der Waals surface area contributed by atoms with E-state index >= 15 is 0 Å². The van der Waals surface area contributed by atoms with Gasteiger partial charge in [-0.05, 0) is 0 Å². The van der Waals surface area contributed by atoms with Crippen LogP contribution < -0.4 is 0 Å². The topological polar surface area (TPSA) is 113 Å². The first-order chi connectivity index (χ1) is 13.3. The van der Waals surface area contributed by atoms with Gasteiger partial charge in [0.2, 0.25) is 0 Å². The van der Waals surface area contributed by atoms with Crippen molar-refractivity contribution in [2.75, 3.05) is 0 Å². The quantitative estimate of drug-likeness (QED) is 0.344. The van der Waals surface area contributed by atoms with Gasteiger partial charge < -0.3 is 0 Å². The Morgan fingerprint density at radius 1 is 0.630 bits per heavy atom. The Hall–Kier alpha value is -2.76. The number of rotatable bonds is 1. The molecule has 0 aliphatic carbocycles. The molecule has 27 heavy (non-hydrogen) atoms. The maximum atomic E-state index is 7.50. The monoisotopic (exact) mass is 530 g/mol. The van der Waals surface area contributed by atoms with Gasteiger partial charge in [0.1, 0.15) is 0 Å². The van der Waals surface area contributed by atoms with Crippen LogP contribution in [-0.2, 0) is 42.6 Å². The minimum absolute atomic E-state index is 0.966. The summed E-state index contributed by atoms with van der Waals surface area (Å²) in [7, 11) is 0. The Morgan fingerprint density at radius 3 is 1.59 bits per heavy atom. The van der Waals surface area contributed by atoms with E-state index in [2.05, 4.69) is 69.7 Å². The van der Waals surface area contributed by atoms with E-state index in [1.807, 2.05) is 24.3 Å². The van der Waals surface area contributed by atoms with Gasteiger partial charge in [-0.1, -0.05) is 0 Å². The van der Waals surface area contributed by atoms with Crippen LogP contribution in [0.5, 0.6) is 0 Å². The van der Waals surface area contributed by atoms with Gasteiger partial charge in [-0.2, -0.15) is 0 Å².